The third-order valence-corrected chi connectivity index (χ3v) is 3.62. The number of nitrogens with one attached hydrogen (secondary N) is 1. The number of carbonyl (C=O) groups excluding carboxylic acids is 1. The average molecular weight is 276 g/mol. The SMILES string of the molecule is Nc1cccc(NC(=O)CCCOC2CCCCC2)c1. The molecule has 0 atom stereocenters. The van der Waals surface area contributed by atoms with Crippen LogP contribution in [-0.4, -0.2) is 18.6 Å². The normalized spacial score (nSPS) is 16.0. The van der Waals surface area contributed by atoms with Crippen LogP contribution in [0.3, 0.4) is 0 Å². The van der Waals surface area contributed by atoms with Crippen molar-refractivity contribution in [3.05, 3.63) is 24.3 Å². The Kier molecular flexibility index (Phi) is 5.87. The summed E-state index contributed by atoms with van der Waals surface area (Å²) in [6.45, 7) is 0.676. The van der Waals surface area contributed by atoms with Crippen molar-refractivity contribution in [2.45, 2.75) is 51.0 Å². The predicted molar refractivity (Wildman–Crippen MR) is 81.5 cm³/mol. The van der Waals surface area contributed by atoms with Crippen LogP contribution in [0.4, 0.5) is 11.4 Å². The fourth-order valence-electron chi connectivity index (χ4n) is 2.55. The van der Waals surface area contributed by atoms with Gasteiger partial charge < -0.3 is 15.8 Å². The number of amides is 1. The van der Waals surface area contributed by atoms with Crippen LogP contribution in [0.25, 0.3) is 0 Å². The highest BCUT2D eigenvalue weighted by atomic mass is 16.5. The minimum Gasteiger partial charge on any atom is -0.399 e. The number of rotatable bonds is 6. The average Bonchev–Trinajstić information content (AvgIpc) is 2.45. The molecule has 1 aromatic carbocycles. The van der Waals surface area contributed by atoms with Crippen LogP contribution in [0.2, 0.25) is 0 Å². The Labute approximate surface area is 120 Å². The van der Waals surface area contributed by atoms with E-state index in [0.717, 1.165) is 12.1 Å². The van der Waals surface area contributed by atoms with Gasteiger partial charge >= 0.3 is 0 Å². The van der Waals surface area contributed by atoms with E-state index in [1.54, 1.807) is 12.1 Å². The van der Waals surface area contributed by atoms with Gasteiger partial charge in [0.05, 0.1) is 6.10 Å². The highest BCUT2D eigenvalue weighted by molar-refractivity contribution is 5.91. The van der Waals surface area contributed by atoms with Crippen LogP contribution in [0.15, 0.2) is 24.3 Å². The molecule has 110 valence electrons. The quantitative estimate of drug-likeness (QED) is 0.618. The predicted octanol–water partition coefficient (Wildman–Crippen LogP) is 3.34. The van der Waals surface area contributed by atoms with Crippen molar-refractivity contribution >= 4 is 17.3 Å². The molecule has 0 unspecified atom stereocenters. The molecule has 0 aliphatic heterocycles. The number of hydrogen-bond acceptors (Lipinski definition) is 3. The molecule has 4 heteroatoms. The molecular formula is C16H24N2O2. The Morgan fingerprint density at radius 2 is 2.10 bits per heavy atom. The van der Waals surface area contributed by atoms with Gasteiger partial charge in [-0.1, -0.05) is 25.3 Å². The molecular weight excluding hydrogens is 252 g/mol. The van der Waals surface area contributed by atoms with Crippen molar-refractivity contribution in [1.82, 2.24) is 0 Å². The van der Waals surface area contributed by atoms with Crippen LogP contribution in [0.1, 0.15) is 44.9 Å². The second kappa shape index (κ2) is 7.90. The zero-order valence-corrected chi connectivity index (χ0v) is 11.9. The van der Waals surface area contributed by atoms with Gasteiger partial charge in [-0.05, 0) is 37.5 Å². The molecule has 1 fully saturated rings. The molecule has 1 saturated carbocycles. The van der Waals surface area contributed by atoms with E-state index < -0.39 is 0 Å². The second-order valence-corrected chi connectivity index (χ2v) is 5.41. The largest absolute Gasteiger partial charge is 0.399 e. The third-order valence-electron chi connectivity index (χ3n) is 3.62. The topological polar surface area (TPSA) is 64.3 Å². The number of benzene rings is 1. The van der Waals surface area contributed by atoms with Crippen LogP contribution < -0.4 is 11.1 Å². The maximum Gasteiger partial charge on any atom is 0.224 e. The van der Waals surface area contributed by atoms with Gasteiger partial charge in [0.2, 0.25) is 5.91 Å². The molecule has 0 saturated heterocycles. The summed E-state index contributed by atoms with van der Waals surface area (Å²) in [5.41, 5.74) is 7.08. The molecule has 1 amide bonds. The van der Waals surface area contributed by atoms with Crippen molar-refractivity contribution in [3.63, 3.8) is 0 Å². The third kappa shape index (κ3) is 5.21. The van der Waals surface area contributed by atoms with E-state index in [1.165, 1.54) is 32.1 Å². The standard InChI is InChI=1S/C16H24N2O2/c17-13-6-4-7-14(12-13)18-16(19)10-5-11-20-15-8-2-1-3-9-15/h4,6-7,12,15H,1-3,5,8-11,17H2,(H,18,19). The summed E-state index contributed by atoms with van der Waals surface area (Å²) in [6.07, 6.45) is 7.92. The Morgan fingerprint density at radius 3 is 2.85 bits per heavy atom. The summed E-state index contributed by atoms with van der Waals surface area (Å²) in [5.74, 6) is 0.0165. The van der Waals surface area contributed by atoms with Gasteiger partial charge in [-0.15, -0.1) is 0 Å². The van der Waals surface area contributed by atoms with Crippen LogP contribution in [0, 0.1) is 0 Å². The molecule has 0 spiro atoms. The van der Waals surface area contributed by atoms with Gasteiger partial charge in [-0.2, -0.15) is 0 Å². The number of anilines is 2. The van der Waals surface area contributed by atoms with Gasteiger partial charge in [0.25, 0.3) is 0 Å². The summed E-state index contributed by atoms with van der Waals surface area (Å²) in [7, 11) is 0. The van der Waals surface area contributed by atoms with E-state index in [-0.39, 0.29) is 5.91 Å². The molecule has 0 radical (unpaired) electrons. The fourth-order valence-corrected chi connectivity index (χ4v) is 2.55. The molecule has 1 aromatic rings. The number of hydrogen-bond donors (Lipinski definition) is 2. The molecule has 1 aliphatic carbocycles. The van der Waals surface area contributed by atoms with Crippen LogP contribution >= 0.6 is 0 Å². The molecule has 20 heavy (non-hydrogen) atoms. The fraction of sp³-hybridized carbons (Fsp3) is 0.562. The lowest BCUT2D eigenvalue weighted by Crippen LogP contribution is -2.18. The summed E-state index contributed by atoms with van der Waals surface area (Å²) in [6, 6.07) is 7.23. The smallest absolute Gasteiger partial charge is 0.224 e. The molecule has 0 bridgehead atoms. The maximum absolute atomic E-state index is 11.8. The van der Waals surface area contributed by atoms with E-state index in [9.17, 15) is 4.79 Å². The van der Waals surface area contributed by atoms with E-state index >= 15 is 0 Å². The minimum absolute atomic E-state index is 0.0165. The van der Waals surface area contributed by atoms with Gasteiger partial charge in [-0.25, -0.2) is 0 Å². The lowest BCUT2D eigenvalue weighted by Gasteiger charge is -2.21. The summed E-state index contributed by atoms with van der Waals surface area (Å²) < 4.78 is 5.80. The van der Waals surface area contributed by atoms with Crippen molar-refractivity contribution in [2.75, 3.05) is 17.7 Å². The Hall–Kier alpha value is -1.55. The molecule has 4 nitrogen and oxygen atoms in total. The number of ether oxygens (including phenoxy) is 1. The molecule has 3 N–H and O–H groups in total. The van der Waals surface area contributed by atoms with E-state index in [1.807, 2.05) is 12.1 Å². The molecule has 0 heterocycles. The number of nitrogens with two attached hydrogens (primary N) is 1. The van der Waals surface area contributed by atoms with Crippen molar-refractivity contribution in [3.8, 4) is 0 Å². The van der Waals surface area contributed by atoms with E-state index in [2.05, 4.69) is 5.32 Å². The first-order valence-corrected chi connectivity index (χ1v) is 7.51. The van der Waals surface area contributed by atoms with Gasteiger partial charge in [0, 0.05) is 24.4 Å². The highest BCUT2D eigenvalue weighted by Gasteiger charge is 2.13. The highest BCUT2D eigenvalue weighted by Crippen LogP contribution is 2.20. The maximum atomic E-state index is 11.8. The lowest BCUT2D eigenvalue weighted by molar-refractivity contribution is -0.116. The Bertz CT molecular complexity index is 428. The molecule has 1 aliphatic rings. The molecule has 0 aromatic heterocycles. The van der Waals surface area contributed by atoms with Gasteiger partial charge in [0.15, 0.2) is 0 Å². The molecule has 2 rings (SSSR count). The first kappa shape index (κ1) is 14.9. The Morgan fingerprint density at radius 1 is 1.30 bits per heavy atom. The summed E-state index contributed by atoms with van der Waals surface area (Å²) >= 11 is 0. The lowest BCUT2D eigenvalue weighted by atomic mass is 9.98. The van der Waals surface area contributed by atoms with Crippen LogP contribution in [0.5, 0.6) is 0 Å². The van der Waals surface area contributed by atoms with E-state index in [4.69, 9.17) is 10.5 Å². The zero-order valence-electron chi connectivity index (χ0n) is 11.9. The summed E-state index contributed by atoms with van der Waals surface area (Å²) in [4.78, 5) is 11.8. The Balaban J connectivity index is 1.60. The van der Waals surface area contributed by atoms with Crippen LogP contribution in [-0.2, 0) is 9.53 Å². The zero-order chi connectivity index (χ0) is 14.2. The van der Waals surface area contributed by atoms with Gasteiger partial charge in [-0.3, -0.25) is 4.79 Å². The first-order chi connectivity index (χ1) is 9.74. The number of carbonyl (C=O) groups is 1. The van der Waals surface area contributed by atoms with Gasteiger partial charge in [0.1, 0.15) is 0 Å². The first-order valence-electron chi connectivity index (χ1n) is 7.51. The summed E-state index contributed by atoms with van der Waals surface area (Å²) in [5, 5.41) is 2.85. The van der Waals surface area contributed by atoms with E-state index in [0.29, 0.717) is 24.8 Å². The second-order valence-electron chi connectivity index (χ2n) is 5.41. The van der Waals surface area contributed by atoms with Crippen molar-refractivity contribution < 1.29 is 9.53 Å². The minimum atomic E-state index is 0.0165. The van der Waals surface area contributed by atoms with Crippen molar-refractivity contribution in [2.24, 2.45) is 0 Å². The van der Waals surface area contributed by atoms with Crippen molar-refractivity contribution in [1.29, 1.82) is 0 Å². The number of nitrogen functional groups attached to an aromatic ring is 1. The monoisotopic (exact) mass is 276 g/mol.